The number of ether oxygens (including phenoxy) is 1. The van der Waals surface area contributed by atoms with Crippen molar-refractivity contribution < 1.29 is 4.74 Å². The van der Waals surface area contributed by atoms with Crippen LogP contribution in [0.2, 0.25) is 0 Å². The lowest BCUT2D eigenvalue weighted by atomic mass is 10.3. The molecule has 0 saturated heterocycles. The third-order valence-electron chi connectivity index (χ3n) is 1.68. The van der Waals surface area contributed by atoms with E-state index in [0.29, 0.717) is 0 Å². The molecule has 0 heterocycles. The van der Waals surface area contributed by atoms with Gasteiger partial charge < -0.3 is 10.1 Å². The van der Waals surface area contributed by atoms with E-state index in [2.05, 4.69) is 19.2 Å². The van der Waals surface area contributed by atoms with Crippen LogP contribution in [0.15, 0.2) is 0 Å². The maximum atomic E-state index is 4.93. The van der Waals surface area contributed by atoms with Gasteiger partial charge in [-0.3, -0.25) is 0 Å². The zero-order chi connectivity index (χ0) is 9.94. The first kappa shape index (κ1) is 13.3. The van der Waals surface area contributed by atoms with Crippen molar-refractivity contribution in [1.82, 2.24) is 5.32 Å². The molecule has 0 radical (unpaired) electrons. The minimum absolute atomic E-state index is 0.779. The Balaban J connectivity index is 2.84. The summed E-state index contributed by atoms with van der Waals surface area (Å²) in [5.74, 6) is 1.30. The van der Waals surface area contributed by atoms with Gasteiger partial charge >= 0.3 is 0 Å². The van der Waals surface area contributed by atoms with Crippen molar-refractivity contribution in [3.05, 3.63) is 0 Å². The van der Waals surface area contributed by atoms with Gasteiger partial charge in [0.25, 0.3) is 0 Å². The fraction of sp³-hybridized carbons (Fsp3) is 1.00. The molecule has 0 aromatic heterocycles. The molecule has 0 rings (SSSR count). The molecule has 80 valence electrons. The summed E-state index contributed by atoms with van der Waals surface area (Å²) in [5, 5.41) is 4.12. The first-order valence-electron chi connectivity index (χ1n) is 5.08. The van der Waals surface area contributed by atoms with Crippen LogP contribution in [-0.2, 0) is 4.74 Å². The minimum Gasteiger partial charge on any atom is -0.383 e. The molecule has 3 heteroatoms. The summed E-state index contributed by atoms with van der Waals surface area (Å²) in [4.78, 5) is 0. The van der Waals surface area contributed by atoms with E-state index in [4.69, 9.17) is 4.74 Å². The van der Waals surface area contributed by atoms with Crippen LogP contribution >= 0.6 is 11.8 Å². The highest BCUT2D eigenvalue weighted by atomic mass is 32.2. The third-order valence-corrected chi connectivity index (χ3v) is 2.87. The Kier molecular flexibility index (Phi) is 10.6. The van der Waals surface area contributed by atoms with E-state index in [9.17, 15) is 0 Å². The molecule has 0 aromatic rings. The molecule has 0 amide bonds. The number of thioether (sulfide) groups is 1. The van der Waals surface area contributed by atoms with Gasteiger partial charge in [0.1, 0.15) is 0 Å². The molecule has 0 saturated carbocycles. The van der Waals surface area contributed by atoms with Gasteiger partial charge in [-0.05, 0) is 30.4 Å². The molecule has 1 N–H and O–H groups in total. The van der Waals surface area contributed by atoms with Gasteiger partial charge in [-0.1, -0.05) is 13.8 Å². The maximum absolute atomic E-state index is 4.93. The predicted octanol–water partition coefficient (Wildman–Crippen LogP) is 2.14. The molecule has 0 unspecified atom stereocenters. The molecule has 0 spiro atoms. The van der Waals surface area contributed by atoms with Crippen molar-refractivity contribution in [3.63, 3.8) is 0 Å². The zero-order valence-electron chi connectivity index (χ0n) is 9.14. The van der Waals surface area contributed by atoms with Crippen LogP contribution in [0.1, 0.15) is 26.7 Å². The lowest BCUT2D eigenvalue weighted by Crippen LogP contribution is -2.20. The zero-order valence-corrected chi connectivity index (χ0v) is 9.95. The Morgan fingerprint density at radius 2 is 2.00 bits per heavy atom. The minimum atomic E-state index is 0.779. The second kappa shape index (κ2) is 10.4. The summed E-state index contributed by atoms with van der Waals surface area (Å²) in [5.41, 5.74) is 0. The summed E-state index contributed by atoms with van der Waals surface area (Å²) in [6.07, 6.45) is 2.60. The lowest BCUT2D eigenvalue weighted by molar-refractivity contribution is 0.199. The normalized spacial score (nSPS) is 11.1. The van der Waals surface area contributed by atoms with Crippen LogP contribution in [-0.4, -0.2) is 37.8 Å². The van der Waals surface area contributed by atoms with E-state index in [1.54, 1.807) is 7.11 Å². The van der Waals surface area contributed by atoms with Crippen molar-refractivity contribution >= 4 is 11.8 Å². The van der Waals surface area contributed by atoms with Crippen LogP contribution in [0.3, 0.4) is 0 Å². The van der Waals surface area contributed by atoms with Gasteiger partial charge in [0.2, 0.25) is 0 Å². The first-order valence-corrected chi connectivity index (χ1v) is 6.13. The second-order valence-corrected chi connectivity index (χ2v) is 5.05. The third kappa shape index (κ3) is 12.3. The Labute approximate surface area is 86.8 Å². The summed E-state index contributed by atoms with van der Waals surface area (Å²) in [6.45, 7) is 7.43. The van der Waals surface area contributed by atoms with Crippen molar-refractivity contribution in [3.8, 4) is 0 Å². The smallest absolute Gasteiger partial charge is 0.0587 e. The summed E-state index contributed by atoms with van der Waals surface area (Å²) in [7, 11) is 1.74. The van der Waals surface area contributed by atoms with Gasteiger partial charge in [-0.2, -0.15) is 11.8 Å². The summed E-state index contributed by atoms with van der Waals surface area (Å²) < 4.78 is 4.93. The SMILES string of the molecule is COCCNCCCCSC(C)C. The van der Waals surface area contributed by atoms with E-state index in [0.717, 1.165) is 24.9 Å². The summed E-state index contributed by atoms with van der Waals surface area (Å²) >= 11 is 2.05. The second-order valence-electron chi connectivity index (χ2n) is 3.37. The van der Waals surface area contributed by atoms with Crippen LogP contribution < -0.4 is 5.32 Å². The Hall–Kier alpha value is 0.270. The molecular formula is C10H23NOS. The van der Waals surface area contributed by atoms with Crippen molar-refractivity contribution in [2.24, 2.45) is 0 Å². The van der Waals surface area contributed by atoms with Gasteiger partial charge in [0.05, 0.1) is 6.61 Å². The number of hydrogen-bond acceptors (Lipinski definition) is 3. The Morgan fingerprint density at radius 1 is 1.23 bits per heavy atom. The standard InChI is InChI=1S/C10H23NOS/c1-10(2)13-9-5-4-6-11-7-8-12-3/h10-11H,4-9H2,1-3H3. The number of hydrogen-bond donors (Lipinski definition) is 1. The van der Waals surface area contributed by atoms with E-state index in [1.807, 2.05) is 11.8 Å². The van der Waals surface area contributed by atoms with E-state index in [1.165, 1.54) is 18.6 Å². The molecule has 0 bridgehead atoms. The number of nitrogens with one attached hydrogen (secondary N) is 1. The molecule has 0 aliphatic carbocycles. The van der Waals surface area contributed by atoms with Gasteiger partial charge in [-0.15, -0.1) is 0 Å². The lowest BCUT2D eigenvalue weighted by Gasteiger charge is -2.05. The largest absolute Gasteiger partial charge is 0.383 e. The fourth-order valence-electron chi connectivity index (χ4n) is 0.970. The summed E-state index contributed by atoms with van der Waals surface area (Å²) in [6, 6.07) is 0. The highest BCUT2D eigenvalue weighted by Gasteiger charge is 1.93. The van der Waals surface area contributed by atoms with Crippen molar-refractivity contribution in [1.29, 1.82) is 0 Å². The topological polar surface area (TPSA) is 21.3 Å². The Bertz CT molecular complexity index is 98.9. The quantitative estimate of drug-likeness (QED) is 0.583. The van der Waals surface area contributed by atoms with Gasteiger partial charge in [0, 0.05) is 13.7 Å². The average molecular weight is 205 g/mol. The van der Waals surface area contributed by atoms with E-state index < -0.39 is 0 Å². The molecule has 2 nitrogen and oxygen atoms in total. The highest BCUT2D eigenvalue weighted by molar-refractivity contribution is 7.99. The van der Waals surface area contributed by atoms with Crippen molar-refractivity contribution in [2.45, 2.75) is 31.9 Å². The van der Waals surface area contributed by atoms with E-state index >= 15 is 0 Å². The number of unbranched alkanes of at least 4 members (excludes halogenated alkanes) is 1. The number of rotatable bonds is 9. The monoisotopic (exact) mass is 205 g/mol. The highest BCUT2D eigenvalue weighted by Crippen LogP contribution is 2.10. The van der Waals surface area contributed by atoms with Crippen LogP contribution in [0.25, 0.3) is 0 Å². The maximum Gasteiger partial charge on any atom is 0.0587 e. The fourth-order valence-corrected chi connectivity index (χ4v) is 1.81. The molecule has 0 atom stereocenters. The van der Waals surface area contributed by atoms with Crippen LogP contribution in [0.5, 0.6) is 0 Å². The van der Waals surface area contributed by atoms with Crippen molar-refractivity contribution in [2.75, 3.05) is 32.6 Å². The van der Waals surface area contributed by atoms with Gasteiger partial charge in [-0.25, -0.2) is 0 Å². The predicted molar refractivity (Wildman–Crippen MR) is 61.6 cm³/mol. The Morgan fingerprint density at radius 3 is 2.62 bits per heavy atom. The molecule has 0 fully saturated rings. The van der Waals surface area contributed by atoms with Gasteiger partial charge in [0.15, 0.2) is 0 Å². The number of methoxy groups -OCH3 is 1. The molecule has 0 aliphatic heterocycles. The molecule has 0 aliphatic rings. The average Bonchev–Trinajstić information content (AvgIpc) is 2.09. The molecular weight excluding hydrogens is 182 g/mol. The van der Waals surface area contributed by atoms with E-state index in [-0.39, 0.29) is 0 Å². The molecule has 13 heavy (non-hydrogen) atoms. The van der Waals surface area contributed by atoms with Crippen LogP contribution in [0.4, 0.5) is 0 Å². The molecule has 0 aromatic carbocycles. The first-order chi connectivity index (χ1) is 6.27. The van der Waals surface area contributed by atoms with Crippen LogP contribution in [0, 0.1) is 0 Å².